The van der Waals surface area contributed by atoms with E-state index in [1.165, 1.54) is 0 Å². The van der Waals surface area contributed by atoms with Crippen LogP contribution in [0.4, 0.5) is 5.95 Å². The number of rotatable bonds is 5. The summed E-state index contributed by atoms with van der Waals surface area (Å²) in [6.45, 7) is 2.17. The molecule has 0 atom stereocenters. The Morgan fingerprint density at radius 3 is 2.58 bits per heavy atom. The van der Waals surface area contributed by atoms with Gasteiger partial charge in [-0.25, -0.2) is 9.97 Å². The molecule has 1 amide bonds. The van der Waals surface area contributed by atoms with Crippen LogP contribution in [0.5, 0.6) is 5.75 Å². The van der Waals surface area contributed by atoms with Crippen LogP contribution in [0.3, 0.4) is 0 Å². The molecule has 0 spiro atoms. The van der Waals surface area contributed by atoms with Gasteiger partial charge in [0.1, 0.15) is 5.75 Å². The molecule has 0 unspecified atom stereocenters. The number of amides is 1. The van der Waals surface area contributed by atoms with Gasteiger partial charge in [0.15, 0.2) is 0 Å². The average Bonchev–Trinajstić information content (AvgIpc) is 2.54. The number of ether oxygens (including phenoxy) is 1. The van der Waals surface area contributed by atoms with Crippen molar-refractivity contribution in [3.8, 4) is 5.75 Å². The van der Waals surface area contributed by atoms with E-state index in [1.807, 2.05) is 14.1 Å². The van der Waals surface area contributed by atoms with Gasteiger partial charge in [-0.15, -0.1) is 0 Å². The second-order valence-corrected chi connectivity index (χ2v) is 6.12. The number of hydrogen-bond acceptors (Lipinski definition) is 5. The maximum atomic E-state index is 12.7. The number of nitrogens with zero attached hydrogens (tertiary/aromatic N) is 4. The molecule has 0 radical (unpaired) electrons. The Hall–Kier alpha value is -2.34. The molecule has 0 aliphatic heterocycles. The minimum absolute atomic E-state index is 0.153. The van der Waals surface area contributed by atoms with E-state index in [0.29, 0.717) is 34.5 Å². The van der Waals surface area contributed by atoms with Crippen LogP contribution in [0.2, 0.25) is 5.02 Å². The van der Waals surface area contributed by atoms with Crippen molar-refractivity contribution >= 4 is 23.5 Å². The SMILES string of the molecule is COc1ccc(Cl)cc1CN(C)C(=O)c1cnc(N(C)C)nc1C. The summed E-state index contributed by atoms with van der Waals surface area (Å²) >= 11 is 6.04. The molecule has 0 saturated heterocycles. The minimum atomic E-state index is -0.153. The second-order valence-electron chi connectivity index (χ2n) is 5.68. The maximum Gasteiger partial charge on any atom is 0.257 e. The Balaban J connectivity index is 2.23. The summed E-state index contributed by atoms with van der Waals surface area (Å²) in [5.74, 6) is 1.11. The Bertz CT molecular complexity index is 749. The summed E-state index contributed by atoms with van der Waals surface area (Å²) in [6.07, 6.45) is 1.56. The van der Waals surface area contributed by atoms with Crippen LogP contribution in [0.15, 0.2) is 24.4 Å². The quantitative estimate of drug-likeness (QED) is 0.831. The molecule has 0 bridgehead atoms. The van der Waals surface area contributed by atoms with Gasteiger partial charge in [-0.1, -0.05) is 11.6 Å². The first-order valence-electron chi connectivity index (χ1n) is 7.42. The van der Waals surface area contributed by atoms with E-state index >= 15 is 0 Å². The van der Waals surface area contributed by atoms with E-state index in [2.05, 4.69) is 9.97 Å². The smallest absolute Gasteiger partial charge is 0.257 e. The van der Waals surface area contributed by atoms with Crippen LogP contribution >= 0.6 is 11.6 Å². The summed E-state index contributed by atoms with van der Waals surface area (Å²) in [7, 11) is 7.02. The van der Waals surface area contributed by atoms with E-state index < -0.39 is 0 Å². The number of carbonyl (C=O) groups excluding carboxylic acids is 1. The van der Waals surface area contributed by atoms with Gasteiger partial charge in [0.2, 0.25) is 5.95 Å². The second kappa shape index (κ2) is 7.49. The highest BCUT2D eigenvalue weighted by Crippen LogP contribution is 2.24. The molecule has 7 heteroatoms. The van der Waals surface area contributed by atoms with Crippen molar-refractivity contribution in [3.63, 3.8) is 0 Å². The maximum absolute atomic E-state index is 12.7. The number of benzene rings is 1. The minimum Gasteiger partial charge on any atom is -0.496 e. The molecule has 0 aliphatic carbocycles. The molecule has 0 fully saturated rings. The molecule has 24 heavy (non-hydrogen) atoms. The third-order valence-electron chi connectivity index (χ3n) is 3.59. The Labute approximate surface area is 147 Å². The van der Waals surface area contributed by atoms with E-state index in [9.17, 15) is 4.79 Å². The summed E-state index contributed by atoms with van der Waals surface area (Å²) in [5.41, 5.74) is 1.96. The predicted molar refractivity (Wildman–Crippen MR) is 94.9 cm³/mol. The fourth-order valence-electron chi connectivity index (χ4n) is 2.28. The van der Waals surface area contributed by atoms with Crippen LogP contribution in [-0.2, 0) is 6.54 Å². The summed E-state index contributed by atoms with van der Waals surface area (Å²) in [5, 5.41) is 0.599. The van der Waals surface area contributed by atoms with Crippen molar-refractivity contribution in [1.82, 2.24) is 14.9 Å². The van der Waals surface area contributed by atoms with Crippen LogP contribution in [0.25, 0.3) is 0 Å². The standard InChI is InChI=1S/C17H21ClN4O2/c1-11-14(9-19-17(20-11)21(2)3)16(23)22(4)10-12-8-13(18)6-7-15(12)24-5/h6-9H,10H2,1-5H3. The van der Waals surface area contributed by atoms with Gasteiger partial charge in [-0.3, -0.25) is 4.79 Å². The highest BCUT2D eigenvalue weighted by molar-refractivity contribution is 6.30. The third kappa shape index (κ3) is 3.94. The Morgan fingerprint density at radius 1 is 1.29 bits per heavy atom. The highest BCUT2D eigenvalue weighted by atomic mass is 35.5. The molecule has 128 valence electrons. The van der Waals surface area contributed by atoms with Crippen LogP contribution in [0, 0.1) is 6.92 Å². The fraction of sp³-hybridized carbons (Fsp3) is 0.353. The van der Waals surface area contributed by atoms with Gasteiger partial charge in [0, 0.05) is 44.5 Å². The molecule has 2 rings (SSSR count). The van der Waals surface area contributed by atoms with Crippen molar-refractivity contribution in [1.29, 1.82) is 0 Å². The van der Waals surface area contributed by atoms with Gasteiger partial charge >= 0.3 is 0 Å². The molecule has 0 saturated carbocycles. The molecular weight excluding hydrogens is 328 g/mol. The van der Waals surface area contributed by atoms with Crippen molar-refractivity contribution in [3.05, 3.63) is 46.2 Å². The lowest BCUT2D eigenvalue weighted by atomic mass is 10.1. The zero-order valence-electron chi connectivity index (χ0n) is 14.5. The number of hydrogen-bond donors (Lipinski definition) is 0. The van der Waals surface area contributed by atoms with Crippen LogP contribution in [0.1, 0.15) is 21.6 Å². The lowest BCUT2D eigenvalue weighted by molar-refractivity contribution is 0.0782. The number of methoxy groups -OCH3 is 1. The molecule has 1 heterocycles. The van der Waals surface area contributed by atoms with Crippen molar-refractivity contribution in [2.24, 2.45) is 0 Å². The molecule has 1 aromatic heterocycles. The number of anilines is 1. The van der Waals surface area contributed by atoms with E-state index in [1.54, 1.807) is 55.3 Å². The zero-order chi connectivity index (χ0) is 17.9. The fourth-order valence-corrected chi connectivity index (χ4v) is 2.48. The first kappa shape index (κ1) is 18.0. The lowest BCUT2D eigenvalue weighted by Gasteiger charge is -2.20. The monoisotopic (exact) mass is 348 g/mol. The average molecular weight is 349 g/mol. The largest absolute Gasteiger partial charge is 0.496 e. The summed E-state index contributed by atoms with van der Waals surface area (Å²) < 4.78 is 5.33. The molecule has 2 aromatic rings. The van der Waals surface area contributed by atoms with Gasteiger partial charge in [-0.05, 0) is 25.1 Å². The number of aromatic nitrogens is 2. The van der Waals surface area contributed by atoms with Crippen LogP contribution in [-0.4, -0.2) is 49.0 Å². The van der Waals surface area contributed by atoms with Gasteiger partial charge in [0.05, 0.1) is 18.4 Å². The van der Waals surface area contributed by atoms with Crippen molar-refractivity contribution in [2.45, 2.75) is 13.5 Å². The summed E-state index contributed by atoms with van der Waals surface area (Å²) in [6, 6.07) is 5.34. The Morgan fingerprint density at radius 2 is 2.00 bits per heavy atom. The first-order valence-corrected chi connectivity index (χ1v) is 7.80. The van der Waals surface area contributed by atoms with Crippen LogP contribution < -0.4 is 9.64 Å². The number of carbonyl (C=O) groups is 1. The molecule has 1 aromatic carbocycles. The Kier molecular flexibility index (Phi) is 5.62. The van der Waals surface area contributed by atoms with Gasteiger partial charge < -0.3 is 14.5 Å². The summed E-state index contributed by atoms with van der Waals surface area (Å²) in [4.78, 5) is 24.7. The van der Waals surface area contributed by atoms with Gasteiger partial charge in [-0.2, -0.15) is 0 Å². The van der Waals surface area contributed by atoms with Gasteiger partial charge in [0.25, 0.3) is 5.91 Å². The predicted octanol–water partition coefficient (Wildman–Crippen LogP) is 2.79. The van der Waals surface area contributed by atoms with Crippen molar-refractivity contribution < 1.29 is 9.53 Å². The third-order valence-corrected chi connectivity index (χ3v) is 3.83. The zero-order valence-corrected chi connectivity index (χ0v) is 15.3. The molecule has 6 nitrogen and oxygen atoms in total. The number of aryl methyl sites for hydroxylation is 1. The normalized spacial score (nSPS) is 10.4. The first-order chi connectivity index (χ1) is 11.3. The molecule has 0 N–H and O–H groups in total. The van der Waals surface area contributed by atoms with E-state index in [4.69, 9.17) is 16.3 Å². The lowest BCUT2D eigenvalue weighted by Crippen LogP contribution is -2.28. The molecular formula is C17H21ClN4O2. The topological polar surface area (TPSA) is 58.6 Å². The number of halogens is 1. The highest BCUT2D eigenvalue weighted by Gasteiger charge is 2.18. The molecule has 0 aliphatic rings. The van der Waals surface area contributed by atoms with Crippen molar-refractivity contribution in [2.75, 3.05) is 33.2 Å². The van der Waals surface area contributed by atoms with E-state index in [-0.39, 0.29) is 5.91 Å². The van der Waals surface area contributed by atoms with E-state index in [0.717, 1.165) is 5.56 Å².